The number of fused-ring (bicyclic) bond motifs is 1. The molecule has 2 aromatic carbocycles. The van der Waals surface area contributed by atoms with Crippen molar-refractivity contribution in [3.05, 3.63) is 68.5 Å². The third-order valence-electron chi connectivity index (χ3n) is 3.38. The fraction of sp³-hybridized carbons (Fsp3) is 0.133. The summed E-state index contributed by atoms with van der Waals surface area (Å²) in [4.78, 5) is 16.9. The molecule has 1 unspecified atom stereocenters. The summed E-state index contributed by atoms with van der Waals surface area (Å²) in [6.07, 6.45) is 0. The Balaban J connectivity index is 2.11. The smallest absolute Gasteiger partial charge is 0.309 e. The summed E-state index contributed by atoms with van der Waals surface area (Å²) in [7, 11) is 1.92. The van der Waals surface area contributed by atoms with Crippen molar-refractivity contribution in [2.24, 2.45) is 0 Å². The van der Waals surface area contributed by atoms with Gasteiger partial charge in [0.05, 0.1) is 17.1 Å². The number of nitrogens with one attached hydrogen (secondary N) is 3. The molecule has 0 fully saturated rings. The first kappa shape index (κ1) is 13.1. The van der Waals surface area contributed by atoms with Crippen LogP contribution in [0, 0.1) is 0 Å². The van der Waals surface area contributed by atoms with Crippen molar-refractivity contribution in [3.63, 3.8) is 0 Å². The number of imidazole rings is 1. The van der Waals surface area contributed by atoms with Crippen LogP contribution in [0.3, 0.4) is 0 Å². The molecule has 0 spiro atoms. The number of rotatable bonds is 3. The maximum Gasteiger partial charge on any atom is 0.323 e. The summed E-state index contributed by atoms with van der Waals surface area (Å²) in [5.74, 6) is 0. The van der Waals surface area contributed by atoms with Crippen molar-refractivity contribution in [2.75, 3.05) is 7.05 Å². The largest absolute Gasteiger partial charge is 0.323 e. The van der Waals surface area contributed by atoms with Gasteiger partial charge in [-0.1, -0.05) is 40.2 Å². The lowest BCUT2D eigenvalue weighted by Gasteiger charge is -2.18. The van der Waals surface area contributed by atoms with E-state index in [2.05, 4.69) is 37.3 Å². The highest BCUT2D eigenvalue weighted by molar-refractivity contribution is 9.10. The molecule has 0 amide bonds. The van der Waals surface area contributed by atoms with Gasteiger partial charge in [0.2, 0.25) is 0 Å². The molecule has 3 N–H and O–H groups in total. The monoisotopic (exact) mass is 331 g/mol. The number of H-pyrrole nitrogens is 2. The van der Waals surface area contributed by atoms with Gasteiger partial charge in [-0.25, -0.2) is 4.79 Å². The van der Waals surface area contributed by atoms with E-state index in [4.69, 9.17) is 0 Å². The first-order valence-electron chi connectivity index (χ1n) is 6.32. The first-order valence-corrected chi connectivity index (χ1v) is 7.12. The Morgan fingerprint density at radius 3 is 2.60 bits per heavy atom. The van der Waals surface area contributed by atoms with Crippen LogP contribution in [0.4, 0.5) is 0 Å². The van der Waals surface area contributed by atoms with E-state index in [-0.39, 0.29) is 11.7 Å². The predicted octanol–water partition coefficient (Wildman–Crippen LogP) is 2.93. The van der Waals surface area contributed by atoms with E-state index < -0.39 is 0 Å². The van der Waals surface area contributed by atoms with Gasteiger partial charge in [0.25, 0.3) is 0 Å². The minimum absolute atomic E-state index is 0.0633. The van der Waals surface area contributed by atoms with Gasteiger partial charge >= 0.3 is 5.69 Å². The molecule has 0 aliphatic rings. The molecule has 0 saturated carbocycles. The molecule has 1 aromatic heterocycles. The van der Waals surface area contributed by atoms with Gasteiger partial charge in [-0.05, 0) is 36.4 Å². The molecule has 1 heterocycles. The summed E-state index contributed by atoms with van der Waals surface area (Å²) in [5.41, 5.74) is 3.72. The normalized spacial score (nSPS) is 12.7. The van der Waals surface area contributed by atoms with Gasteiger partial charge in [0.1, 0.15) is 0 Å². The van der Waals surface area contributed by atoms with Gasteiger partial charge in [-0.15, -0.1) is 0 Å². The highest BCUT2D eigenvalue weighted by atomic mass is 79.9. The van der Waals surface area contributed by atoms with Crippen LogP contribution in [0.25, 0.3) is 11.0 Å². The molecule has 5 heteroatoms. The van der Waals surface area contributed by atoms with Crippen LogP contribution in [0.5, 0.6) is 0 Å². The van der Waals surface area contributed by atoms with Crippen molar-refractivity contribution in [1.29, 1.82) is 0 Å². The first-order chi connectivity index (χ1) is 9.69. The Labute approximate surface area is 124 Å². The van der Waals surface area contributed by atoms with Gasteiger partial charge < -0.3 is 15.3 Å². The number of benzene rings is 2. The Morgan fingerprint density at radius 2 is 1.85 bits per heavy atom. The van der Waals surface area contributed by atoms with Crippen LogP contribution in [0.15, 0.2) is 51.7 Å². The predicted molar refractivity (Wildman–Crippen MR) is 84.0 cm³/mol. The molecule has 20 heavy (non-hydrogen) atoms. The summed E-state index contributed by atoms with van der Waals surface area (Å²) >= 11 is 3.58. The molecule has 3 aromatic rings. The Morgan fingerprint density at radius 1 is 1.10 bits per heavy atom. The lowest BCUT2D eigenvalue weighted by atomic mass is 9.98. The molecule has 102 valence electrons. The lowest BCUT2D eigenvalue weighted by molar-refractivity contribution is 0.690. The molecular weight excluding hydrogens is 318 g/mol. The fourth-order valence-corrected chi connectivity index (χ4v) is 2.95. The zero-order chi connectivity index (χ0) is 14.1. The Kier molecular flexibility index (Phi) is 3.46. The molecular formula is C15H14BrN3O. The second kappa shape index (κ2) is 5.26. The standard InChI is InChI=1S/C15H14BrN3O/c1-17-14(10-4-2-3-5-11(10)16)9-6-7-12-13(8-9)19-15(20)18-12/h2-8,14,17H,1H3,(H2,18,19,20). The molecule has 0 radical (unpaired) electrons. The van der Waals surface area contributed by atoms with E-state index in [0.717, 1.165) is 26.6 Å². The Hall–Kier alpha value is -1.85. The fourth-order valence-electron chi connectivity index (χ4n) is 2.44. The molecule has 0 bridgehead atoms. The van der Waals surface area contributed by atoms with Crippen LogP contribution < -0.4 is 11.0 Å². The summed E-state index contributed by atoms with van der Waals surface area (Å²) < 4.78 is 1.06. The molecule has 3 rings (SSSR count). The van der Waals surface area contributed by atoms with Crippen LogP contribution in [-0.4, -0.2) is 17.0 Å². The molecule has 1 atom stereocenters. The SMILES string of the molecule is CNC(c1ccc2[nH]c(=O)[nH]c2c1)c1ccccc1Br. The third kappa shape index (κ3) is 2.30. The summed E-state index contributed by atoms with van der Waals surface area (Å²) in [6, 6.07) is 14.1. The topological polar surface area (TPSA) is 60.7 Å². The second-order valence-electron chi connectivity index (χ2n) is 4.63. The molecule has 0 saturated heterocycles. The van der Waals surface area contributed by atoms with E-state index in [1.807, 2.05) is 43.4 Å². The van der Waals surface area contributed by atoms with Gasteiger partial charge in [0, 0.05) is 4.47 Å². The summed E-state index contributed by atoms with van der Waals surface area (Å²) in [5, 5.41) is 3.31. The minimum Gasteiger partial charge on any atom is -0.309 e. The maximum atomic E-state index is 11.3. The Bertz CT molecular complexity index is 806. The minimum atomic E-state index is -0.181. The highest BCUT2D eigenvalue weighted by Crippen LogP contribution is 2.29. The average molecular weight is 332 g/mol. The van der Waals surface area contributed by atoms with Gasteiger partial charge in [-0.3, -0.25) is 0 Å². The highest BCUT2D eigenvalue weighted by Gasteiger charge is 2.15. The second-order valence-corrected chi connectivity index (χ2v) is 5.48. The van der Waals surface area contributed by atoms with Crippen molar-refractivity contribution < 1.29 is 0 Å². The molecule has 4 nitrogen and oxygen atoms in total. The number of aromatic amines is 2. The zero-order valence-electron chi connectivity index (χ0n) is 10.9. The van der Waals surface area contributed by atoms with E-state index in [9.17, 15) is 4.79 Å². The number of aromatic nitrogens is 2. The van der Waals surface area contributed by atoms with Crippen molar-refractivity contribution in [3.8, 4) is 0 Å². The van der Waals surface area contributed by atoms with E-state index >= 15 is 0 Å². The molecule has 0 aliphatic heterocycles. The number of hydrogen-bond acceptors (Lipinski definition) is 2. The zero-order valence-corrected chi connectivity index (χ0v) is 12.5. The maximum absolute atomic E-state index is 11.3. The van der Waals surface area contributed by atoms with Crippen molar-refractivity contribution in [2.45, 2.75) is 6.04 Å². The van der Waals surface area contributed by atoms with Crippen LogP contribution in [0.2, 0.25) is 0 Å². The quantitative estimate of drug-likeness (QED) is 0.691. The van der Waals surface area contributed by atoms with Crippen LogP contribution >= 0.6 is 15.9 Å². The van der Waals surface area contributed by atoms with Crippen LogP contribution in [-0.2, 0) is 0 Å². The van der Waals surface area contributed by atoms with Gasteiger partial charge in [-0.2, -0.15) is 0 Å². The molecule has 0 aliphatic carbocycles. The van der Waals surface area contributed by atoms with Crippen LogP contribution in [0.1, 0.15) is 17.2 Å². The average Bonchev–Trinajstić information content (AvgIpc) is 2.81. The lowest BCUT2D eigenvalue weighted by Crippen LogP contribution is -2.18. The summed E-state index contributed by atoms with van der Waals surface area (Å²) in [6.45, 7) is 0. The van der Waals surface area contributed by atoms with E-state index in [0.29, 0.717) is 0 Å². The van der Waals surface area contributed by atoms with E-state index in [1.165, 1.54) is 0 Å². The van der Waals surface area contributed by atoms with Crippen molar-refractivity contribution in [1.82, 2.24) is 15.3 Å². The van der Waals surface area contributed by atoms with Crippen molar-refractivity contribution >= 4 is 27.0 Å². The van der Waals surface area contributed by atoms with Gasteiger partial charge in [0.15, 0.2) is 0 Å². The van der Waals surface area contributed by atoms with E-state index in [1.54, 1.807) is 0 Å². The number of halogens is 1. The third-order valence-corrected chi connectivity index (χ3v) is 4.10. The number of hydrogen-bond donors (Lipinski definition) is 3.